The lowest BCUT2D eigenvalue weighted by molar-refractivity contribution is -0.133. The molecule has 0 aromatic heterocycles. The number of amides is 2. The average molecular weight is 317 g/mol. The van der Waals surface area contributed by atoms with E-state index in [0.29, 0.717) is 22.1 Å². The van der Waals surface area contributed by atoms with Crippen LogP contribution in [0.15, 0.2) is 42.5 Å². The maximum Gasteiger partial charge on any atom is 0.275 e. The highest BCUT2D eigenvalue weighted by Gasteiger charge is 2.33. The van der Waals surface area contributed by atoms with Crippen LogP contribution in [0, 0.1) is 6.92 Å². The topological polar surface area (TPSA) is 67.4 Å². The summed E-state index contributed by atoms with van der Waals surface area (Å²) in [4.78, 5) is 24.2. The van der Waals surface area contributed by atoms with Crippen LogP contribution in [0.25, 0.3) is 0 Å². The molecule has 0 radical (unpaired) electrons. The fourth-order valence-electron chi connectivity index (χ4n) is 2.10. The number of anilines is 2. The molecule has 1 aliphatic rings. The number of carbonyl (C=O) groups excluding carboxylic acids is 2. The number of rotatable bonds is 2. The van der Waals surface area contributed by atoms with Crippen LogP contribution in [0.1, 0.15) is 5.56 Å². The highest BCUT2D eigenvalue weighted by molar-refractivity contribution is 6.31. The molecule has 0 bridgehead atoms. The predicted octanol–water partition coefficient (Wildman–Crippen LogP) is 2.99. The Morgan fingerprint density at radius 2 is 2.05 bits per heavy atom. The van der Waals surface area contributed by atoms with Crippen molar-refractivity contribution in [2.45, 2.75) is 13.0 Å². The molecule has 2 amide bonds. The first-order valence-electron chi connectivity index (χ1n) is 6.68. The minimum Gasteiger partial charge on any atom is -0.468 e. The van der Waals surface area contributed by atoms with Gasteiger partial charge in [0.1, 0.15) is 5.75 Å². The van der Waals surface area contributed by atoms with Crippen molar-refractivity contribution in [2.24, 2.45) is 0 Å². The van der Waals surface area contributed by atoms with Gasteiger partial charge in [-0.1, -0.05) is 29.8 Å². The van der Waals surface area contributed by atoms with Crippen molar-refractivity contribution < 1.29 is 14.3 Å². The van der Waals surface area contributed by atoms with Crippen molar-refractivity contribution in [2.75, 3.05) is 10.6 Å². The van der Waals surface area contributed by atoms with E-state index in [4.69, 9.17) is 16.3 Å². The largest absolute Gasteiger partial charge is 0.468 e. The Kier molecular flexibility index (Phi) is 3.73. The molecule has 5 nitrogen and oxygen atoms in total. The summed E-state index contributed by atoms with van der Waals surface area (Å²) >= 11 is 6.02. The fraction of sp³-hybridized carbons (Fsp3) is 0.125. The van der Waals surface area contributed by atoms with Crippen molar-refractivity contribution >= 4 is 34.8 Å². The monoisotopic (exact) mass is 316 g/mol. The Morgan fingerprint density at radius 1 is 1.27 bits per heavy atom. The lowest BCUT2D eigenvalue weighted by Crippen LogP contribution is -2.45. The van der Waals surface area contributed by atoms with Gasteiger partial charge >= 0.3 is 0 Å². The third-order valence-corrected chi connectivity index (χ3v) is 3.71. The summed E-state index contributed by atoms with van der Waals surface area (Å²) in [7, 11) is 0. The van der Waals surface area contributed by atoms with Crippen LogP contribution in [0.2, 0.25) is 5.02 Å². The molecule has 0 fully saturated rings. The number of para-hydroxylation sites is 2. The summed E-state index contributed by atoms with van der Waals surface area (Å²) in [6, 6.07) is 12.1. The van der Waals surface area contributed by atoms with Gasteiger partial charge < -0.3 is 15.4 Å². The van der Waals surface area contributed by atoms with Gasteiger partial charge in [0.2, 0.25) is 0 Å². The number of benzene rings is 2. The lowest BCUT2D eigenvalue weighted by Gasteiger charge is -2.24. The third-order valence-electron chi connectivity index (χ3n) is 3.31. The van der Waals surface area contributed by atoms with Gasteiger partial charge in [-0.25, -0.2) is 0 Å². The second kappa shape index (κ2) is 5.69. The van der Waals surface area contributed by atoms with Crippen molar-refractivity contribution in [1.29, 1.82) is 0 Å². The van der Waals surface area contributed by atoms with Gasteiger partial charge in [-0.2, -0.15) is 0 Å². The van der Waals surface area contributed by atoms with Crippen LogP contribution < -0.4 is 15.4 Å². The Morgan fingerprint density at radius 3 is 2.82 bits per heavy atom. The van der Waals surface area contributed by atoms with Gasteiger partial charge in [-0.05, 0) is 36.8 Å². The normalized spacial score (nSPS) is 16.3. The minimum atomic E-state index is -1.24. The maximum atomic E-state index is 12.2. The molecular formula is C16H13ClN2O3. The molecule has 0 saturated carbocycles. The van der Waals surface area contributed by atoms with E-state index < -0.39 is 17.9 Å². The summed E-state index contributed by atoms with van der Waals surface area (Å²) in [5.41, 5.74) is 1.96. The zero-order valence-electron chi connectivity index (χ0n) is 11.7. The number of hydrogen-bond donors (Lipinski definition) is 2. The van der Waals surface area contributed by atoms with E-state index in [0.717, 1.165) is 5.56 Å². The molecule has 112 valence electrons. The first-order chi connectivity index (χ1) is 10.5. The van der Waals surface area contributed by atoms with E-state index >= 15 is 0 Å². The van der Waals surface area contributed by atoms with Crippen molar-refractivity contribution in [3.63, 3.8) is 0 Å². The van der Waals surface area contributed by atoms with Crippen molar-refractivity contribution in [3.05, 3.63) is 53.1 Å². The SMILES string of the molecule is Cc1ccc(NC(=O)[C@H]2Oc3ccccc3NC2=O)cc1Cl. The Balaban J connectivity index is 1.78. The molecule has 1 aliphatic heterocycles. The highest BCUT2D eigenvalue weighted by Crippen LogP contribution is 2.29. The van der Waals surface area contributed by atoms with E-state index in [1.807, 2.05) is 6.92 Å². The van der Waals surface area contributed by atoms with E-state index in [1.165, 1.54) is 0 Å². The number of nitrogens with one attached hydrogen (secondary N) is 2. The van der Waals surface area contributed by atoms with Gasteiger partial charge in [0.05, 0.1) is 5.69 Å². The number of fused-ring (bicyclic) bond motifs is 1. The zero-order chi connectivity index (χ0) is 15.7. The summed E-state index contributed by atoms with van der Waals surface area (Å²) in [5, 5.41) is 5.82. The van der Waals surface area contributed by atoms with Crippen LogP contribution in [-0.2, 0) is 9.59 Å². The number of carbonyl (C=O) groups is 2. The summed E-state index contributed by atoms with van der Waals surface area (Å²) < 4.78 is 5.48. The van der Waals surface area contributed by atoms with Crippen LogP contribution >= 0.6 is 11.6 Å². The van der Waals surface area contributed by atoms with Crippen molar-refractivity contribution in [3.8, 4) is 5.75 Å². The number of halogens is 1. The van der Waals surface area contributed by atoms with Gasteiger partial charge in [0.25, 0.3) is 17.9 Å². The Hall–Kier alpha value is -2.53. The molecule has 2 N–H and O–H groups in total. The molecule has 1 atom stereocenters. The molecule has 6 heteroatoms. The van der Waals surface area contributed by atoms with Gasteiger partial charge in [0.15, 0.2) is 0 Å². The van der Waals surface area contributed by atoms with Crippen LogP contribution in [-0.4, -0.2) is 17.9 Å². The lowest BCUT2D eigenvalue weighted by atomic mass is 10.2. The summed E-state index contributed by atoms with van der Waals surface area (Å²) in [6.45, 7) is 1.86. The average Bonchev–Trinajstić information content (AvgIpc) is 2.50. The highest BCUT2D eigenvalue weighted by atomic mass is 35.5. The molecule has 0 saturated heterocycles. The first kappa shape index (κ1) is 14.4. The molecule has 22 heavy (non-hydrogen) atoms. The summed E-state index contributed by atoms with van der Waals surface area (Å²) in [5.74, 6) is -0.592. The Bertz CT molecular complexity index is 761. The molecule has 2 aromatic carbocycles. The second-order valence-electron chi connectivity index (χ2n) is 4.94. The number of hydrogen-bond acceptors (Lipinski definition) is 3. The quantitative estimate of drug-likeness (QED) is 0.837. The predicted molar refractivity (Wildman–Crippen MR) is 84.3 cm³/mol. The van der Waals surface area contributed by atoms with E-state index in [2.05, 4.69) is 10.6 Å². The molecule has 2 aromatic rings. The number of ether oxygens (including phenoxy) is 1. The van der Waals surface area contributed by atoms with E-state index in [-0.39, 0.29) is 0 Å². The molecule has 0 unspecified atom stereocenters. The molecule has 0 spiro atoms. The smallest absolute Gasteiger partial charge is 0.275 e. The fourth-order valence-corrected chi connectivity index (χ4v) is 2.28. The van der Waals surface area contributed by atoms with Gasteiger partial charge in [-0.15, -0.1) is 0 Å². The standard InChI is InChI=1S/C16H13ClN2O3/c1-9-6-7-10(8-11(9)17)18-15(20)14-16(21)19-12-4-2-3-5-13(12)22-14/h2-8,14H,1H3,(H,18,20)(H,19,21)/t14-/m1/s1. The second-order valence-corrected chi connectivity index (χ2v) is 5.34. The van der Waals surface area contributed by atoms with Crippen LogP contribution in [0.4, 0.5) is 11.4 Å². The minimum absolute atomic E-state index is 0.462. The Labute approximate surface area is 132 Å². The van der Waals surface area contributed by atoms with Crippen LogP contribution in [0.5, 0.6) is 5.75 Å². The molecule has 1 heterocycles. The molecule has 3 rings (SSSR count). The first-order valence-corrected chi connectivity index (χ1v) is 7.06. The maximum absolute atomic E-state index is 12.2. The molecular weight excluding hydrogens is 304 g/mol. The summed E-state index contributed by atoms with van der Waals surface area (Å²) in [6.07, 6.45) is -1.24. The number of aryl methyl sites for hydroxylation is 1. The third kappa shape index (κ3) is 2.76. The molecule has 0 aliphatic carbocycles. The van der Waals surface area contributed by atoms with E-state index in [1.54, 1.807) is 42.5 Å². The van der Waals surface area contributed by atoms with Gasteiger partial charge in [0, 0.05) is 10.7 Å². The zero-order valence-corrected chi connectivity index (χ0v) is 12.5. The van der Waals surface area contributed by atoms with Crippen molar-refractivity contribution in [1.82, 2.24) is 0 Å². The van der Waals surface area contributed by atoms with Crippen LogP contribution in [0.3, 0.4) is 0 Å². The van der Waals surface area contributed by atoms with E-state index in [9.17, 15) is 9.59 Å². The van der Waals surface area contributed by atoms with Gasteiger partial charge in [-0.3, -0.25) is 9.59 Å².